The molecule has 0 saturated carbocycles. The van der Waals surface area contributed by atoms with E-state index in [1.165, 1.54) is 0 Å². The van der Waals surface area contributed by atoms with E-state index < -0.39 is 6.10 Å². The Bertz CT molecular complexity index is 444. The second kappa shape index (κ2) is 6.02. The van der Waals surface area contributed by atoms with Gasteiger partial charge in [0.05, 0.1) is 4.92 Å². The van der Waals surface area contributed by atoms with Gasteiger partial charge in [-0.15, -0.1) is 0 Å². The van der Waals surface area contributed by atoms with Gasteiger partial charge in [-0.1, -0.05) is 6.08 Å². The Morgan fingerprint density at radius 3 is 2.53 bits per heavy atom. The van der Waals surface area contributed by atoms with Crippen LogP contribution in [0.2, 0.25) is 0 Å². The Labute approximate surface area is 112 Å². The molecular formula is C14H19NO4. The Balaban J connectivity index is 2.32. The molecule has 0 radical (unpaired) electrons. The molecule has 0 spiro atoms. The van der Waals surface area contributed by atoms with Crippen molar-refractivity contribution >= 4 is 0 Å². The molecule has 19 heavy (non-hydrogen) atoms. The van der Waals surface area contributed by atoms with Crippen LogP contribution in [0.4, 0.5) is 0 Å². The first-order chi connectivity index (χ1) is 9.17. The molecule has 1 saturated heterocycles. The first-order valence-electron chi connectivity index (χ1n) is 6.60. The molecule has 104 valence electrons. The van der Waals surface area contributed by atoms with Gasteiger partial charge in [0, 0.05) is 30.8 Å². The Morgan fingerprint density at radius 2 is 2.00 bits per heavy atom. The highest BCUT2D eigenvalue weighted by molar-refractivity contribution is 5.40. The average Bonchev–Trinajstić information content (AvgIpc) is 2.46. The number of nitrogens with zero attached hydrogens (tertiary/aromatic N) is 1. The fraction of sp³-hybridized carbons (Fsp3) is 0.571. The minimum atomic E-state index is -0.464. The summed E-state index contributed by atoms with van der Waals surface area (Å²) in [7, 11) is 0. The van der Waals surface area contributed by atoms with E-state index in [1.807, 2.05) is 26.0 Å². The summed E-state index contributed by atoms with van der Waals surface area (Å²) < 4.78 is 11.2. The minimum Gasteiger partial charge on any atom is -0.479 e. The Kier molecular flexibility index (Phi) is 4.37. The molecule has 0 aromatic rings. The third-order valence-electron chi connectivity index (χ3n) is 3.61. The van der Waals surface area contributed by atoms with Crippen molar-refractivity contribution < 1.29 is 14.4 Å². The molecule has 0 N–H and O–H groups in total. The zero-order chi connectivity index (χ0) is 13.8. The number of nitro groups is 1. The highest BCUT2D eigenvalue weighted by Crippen LogP contribution is 2.34. The van der Waals surface area contributed by atoms with Crippen molar-refractivity contribution in [1.82, 2.24) is 0 Å². The molecule has 2 aliphatic rings. The van der Waals surface area contributed by atoms with Gasteiger partial charge in [-0.25, -0.2) is 0 Å². The van der Waals surface area contributed by atoms with Gasteiger partial charge in [0.25, 0.3) is 5.70 Å². The third kappa shape index (κ3) is 2.87. The summed E-state index contributed by atoms with van der Waals surface area (Å²) in [4.78, 5) is 10.9. The summed E-state index contributed by atoms with van der Waals surface area (Å²) in [6.45, 7) is 5.03. The lowest BCUT2D eigenvalue weighted by Crippen LogP contribution is -2.35. The first-order valence-corrected chi connectivity index (χ1v) is 6.60. The predicted molar refractivity (Wildman–Crippen MR) is 71.0 cm³/mol. The van der Waals surface area contributed by atoms with Crippen LogP contribution >= 0.6 is 0 Å². The van der Waals surface area contributed by atoms with Crippen LogP contribution in [0.25, 0.3) is 0 Å². The van der Waals surface area contributed by atoms with Crippen LogP contribution in [-0.4, -0.2) is 24.2 Å². The smallest absolute Gasteiger partial charge is 0.287 e. The van der Waals surface area contributed by atoms with E-state index in [4.69, 9.17) is 9.47 Å². The van der Waals surface area contributed by atoms with Crippen molar-refractivity contribution in [3.8, 4) is 0 Å². The lowest BCUT2D eigenvalue weighted by atomic mass is 9.89. The molecule has 0 aromatic heterocycles. The van der Waals surface area contributed by atoms with E-state index in [1.54, 1.807) is 6.08 Å². The van der Waals surface area contributed by atoms with Crippen LogP contribution in [-0.2, 0) is 9.47 Å². The predicted octanol–water partition coefficient (Wildman–Crippen LogP) is 2.82. The lowest BCUT2D eigenvalue weighted by Gasteiger charge is -2.32. The second-order valence-electron chi connectivity index (χ2n) is 4.71. The van der Waals surface area contributed by atoms with Gasteiger partial charge in [0.1, 0.15) is 5.76 Å². The van der Waals surface area contributed by atoms with Gasteiger partial charge >= 0.3 is 0 Å². The average molecular weight is 265 g/mol. The van der Waals surface area contributed by atoms with E-state index in [0.717, 1.165) is 24.2 Å². The molecule has 1 unspecified atom stereocenters. The van der Waals surface area contributed by atoms with Crippen LogP contribution in [0.3, 0.4) is 0 Å². The third-order valence-corrected chi connectivity index (χ3v) is 3.61. The molecule has 0 aliphatic carbocycles. The summed E-state index contributed by atoms with van der Waals surface area (Å²) in [6, 6.07) is 0. The Morgan fingerprint density at radius 1 is 1.32 bits per heavy atom. The van der Waals surface area contributed by atoms with Gasteiger partial charge in [-0.05, 0) is 32.8 Å². The van der Waals surface area contributed by atoms with Crippen LogP contribution in [0.5, 0.6) is 0 Å². The lowest BCUT2D eigenvalue weighted by molar-refractivity contribution is -0.439. The highest BCUT2D eigenvalue weighted by Gasteiger charge is 2.39. The van der Waals surface area contributed by atoms with E-state index in [2.05, 4.69) is 0 Å². The molecule has 5 heteroatoms. The zero-order valence-corrected chi connectivity index (χ0v) is 11.3. The monoisotopic (exact) mass is 265 g/mol. The molecule has 1 fully saturated rings. The molecule has 0 amide bonds. The van der Waals surface area contributed by atoms with E-state index in [-0.39, 0.29) is 16.5 Å². The normalized spacial score (nSPS) is 29.2. The second-order valence-corrected chi connectivity index (χ2v) is 4.71. The van der Waals surface area contributed by atoms with Crippen LogP contribution in [0, 0.1) is 16.0 Å². The first kappa shape index (κ1) is 13.8. The Hall–Kier alpha value is -1.62. The zero-order valence-electron chi connectivity index (χ0n) is 11.3. The number of hydrogen-bond acceptors (Lipinski definition) is 4. The molecule has 5 nitrogen and oxygen atoms in total. The van der Waals surface area contributed by atoms with Crippen molar-refractivity contribution in [2.24, 2.45) is 5.92 Å². The summed E-state index contributed by atoms with van der Waals surface area (Å²) >= 11 is 0. The van der Waals surface area contributed by atoms with E-state index in [9.17, 15) is 10.1 Å². The van der Waals surface area contributed by atoms with Gasteiger partial charge in [0.15, 0.2) is 6.10 Å². The molecule has 2 aliphatic heterocycles. The van der Waals surface area contributed by atoms with E-state index >= 15 is 0 Å². The molecule has 2 heterocycles. The molecule has 0 aromatic carbocycles. The van der Waals surface area contributed by atoms with Crippen molar-refractivity contribution in [1.29, 1.82) is 0 Å². The number of hydrogen-bond donors (Lipinski definition) is 0. The van der Waals surface area contributed by atoms with Crippen molar-refractivity contribution in [2.45, 2.75) is 32.8 Å². The number of allylic oxidation sites excluding steroid dienone is 3. The maximum atomic E-state index is 11.2. The van der Waals surface area contributed by atoms with Crippen LogP contribution < -0.4 is 0 Å². The summed E-state index contributed by atoms with van der Waals surface area (Å²) in [5, 5.41) is 11.2. The fourth-order valence-electron chi connectivity index (χ4n) is 2.55. The summed E-state index contributed by atoms with van der Waals surface area (Å²) in [6.07, 6.45) is 6.47. The SMILES string of the molecule is C/C=C1/C=C([N+](=O)[O-])C(C2CCOCC2)O/C1=C/C. The number of ether oxygens (including phenoxy) is 2. The molecule has 2 rings (SSSR count). The minimum absolute atomic E-state index is 0.152. The molecule has 0 bridgehead atoms. The van der Waals surface area contributed by atoms with E-state index in [0.29, 0.717) is 13.2 Å². The topological polar surface area (TPSA) is 61.6 Å². The van der Waals surface area contributed by atoms with Gasteiger partial charge in [-0.3, -0.25) is 10.1 Å². The summed E-state index contributed by atoms with van der Waals surface area (Å²) in [5.41, 5.74) is 0.933. The van der Waals surface area contributed by atoms with Crippen LogP contribution in [0.15, 0.2) is 35.3 Å². The number of rotatable bonds is 2. The van der Waals surface area contributed by atoms with Gasteiger partial charge < -0.3 is 9.47 Å². The largest absolute Gasteiger partial charge is 0.479 e. The van der Waals surface area contributed by atoms with Gasteiger partial charge in [-0.2, -0.15) is 0 Å². The standard InChI is InChI=1S/C14H19NO4/c1-3-10-9-12(15(16)17)14(19-13(10)4-2)11-5-7-18-8-6-11/h3-4,9,11,14H,5-8H2,1-2H3/b10-3-,13-4+. The quantitative estimate of drug-likeness (QED) is 0.569. The van der Waals surface area contributed by atoms with Crippen molar-refractivity contribution in [2.75, 3.05) is 13.2 Å². The van der Waals surface area contributed by atoms with Gasteiger partial charge in [0.2, 0.25) is 0 Å². The maximum absolute atomic E-state index is 11.2. The van der Waals surface area contributed by atoms with Crippen molar-refractivity contribution in [3.05, 3.63) is 45.4 Å². The summed E-state index contributed by atoms with van der Waals surface area (Å²) in [5.74, 6) is 0.878. The highest BCUT2D eigenvalue weighted by atomic mass is 16.6. The van der Waals surface area contributed by atoms with Crippen LogP contribution in [0.1, 0.15) is 26.7 Å². The maximum Gasteiger partial charge on any atom is 0.287 e. The molecular weight excluding hydrogens is 246 g/mol. The van der Waals surface area contributed by atoms with Crippen molar-refractivity contribution in [3.63, 3.8) is 0 Å². The molecule has 1 atom stereocenters. The fourth-order valence-corrected chi connectivity index (χ4v) is 2.55.